The Labute approximate surface area is 127 Å². The topological polar surface area (TPSA) is 30.5 Å². The third kappa shape index (κ3) is 6.53. The van der Waals surface area contributed by atoms with Crippen LogP contribution in [0.4, 0.5) is 0 Å². The first-order valence-corrected chi connectivity index (χ1v) is 8.65. The van der Waals surface area contributed by atoms with E-state index in [4.69, 9.17) is 9.47 Å². The van der Waals surface area contributed by atoms with E-state index in [9.17, 15) is 0 Å². The first kappa shape index (κ1) is 17.2. The van der Waals surface area contributed by atoms with Crippen LogP contribution in [0.1, 0.15) is 26.3 Å². The Kier molecular flexibility index (Phi) is 8.54. The molecule has 20 heavy (non-hydrogen) atoms. The molecule has 0 heterocycles. The fourth-order valence-corrected chi connectivity index (χ4v) is 2.04. The van der Waals surface area contributed by atoms with Gasteiger partial charge in [-0.1, -0.05) is 19.9 Å². The molecule has 114 valence electrons. The van der Waals surface area contributed by atoms with Crippen molar-refractivity contribution in [1.82, 2.24) is 5.32 Å². The predicted octanol–water partition coefficient (Wildman–Crippen LogP) is 3.57. The Bertz CT molecular complexity index is 383. The average molecular weight is 297 g/mol. The van der Waals surface area contributed by atoms with Gasteiger partial charge >= 0.3 is 0 Å². The van der Waals surface area contributed by atoms with Crippen LogP contribution in [0.3, 0.4) is 0 Å². The Morgan fingerprint density at radius 2 is 2.00 bits per heavy atom. The van der Waals surface area contributed by atoms with E-state index in [0.717, 1.165) is 30.3 Å². The van der Waals surface area contributed by atoms with Crippen LogP contribution in [0.2, 0.25) is 0 Å². The lowest BCUT2D eigenvalue weighted by Crippen LogP contribution is -2.19. The second kappa shape index (κ2) is 9.94. The number of benzene rings is 1. The predicted molar refractivity (Wildman–Crippen MR) is 88.0 cm³/mol. The minimum Gasteiger partial charge on any atom is -0.490 e. The average Bonchev–Trinajstić information content (AvgIpc) is 2.41. The maximum Gasteiger partial charge on any atom is 0.161 e. The highest BCUT2D eigenvalue weighted by Crippen LogP contribution is 2.28. The molecule has 0 saturated carbocycles. The van der Waals surface area contributed by atoms with Crippen molar-refractivity contribution >= 4 is 11.8 Å². The Morgan fingerprint density at radius 3 is 2.65 bits per heavy atom. The number of rotatable bonds is 10. The molecule has 0 aromatic heterocycles. The third-order valence-electron chi connectivity index (χ3n) is 2.73. The molecular formula is C16H27NO2S. The van der Waals surface area contributed by atoms with Crippen molar-refractivity contribution in [2.45, 2.75) is 27.3 Å². The van der Waals surface area contributed by atoms with Gasteiger partial charge in [0.05, 0.1) is 13.2 Å². The van der Waals surface area contributed by atoms with Gasteiger partial charge in [0.1, 0.15) is 0 Å². The number of ether oxygens (including phenoxy) is 2. The summed E-state index contributed by atoms with van der Waals surface area (Å²) < 4.78 is 11.4. The summed E-state index contributed by atoms with van der Waals surface area (Å²) in [6.07, 6.45) is 2.08. The van der Waals surface area contributed by atoms with E-state index in [1.165, 1.54) is 5.56 Å². The second-order valence-corrected chi connectivity index (χ2v) is 6.07. The molecule has 3 nitrogen and oxygen atoms in total. The van der Waals surface area contributed by atoms with Crippen molar-refractivity contribution in [3.63, 3.8) is 0 Å². The molecule has 1 aromatic rings. The lowest BCUT2D eigenvalue weighted by Gasteiger charge is -2.14. The highest BCUT2D eigenvalue weighted by molar-refractivity contribution is 7.98. The van der Waals surface area contributed by atoms with Crippen LogP contribution in [0, 0.1) is 5.92 Å². The van der Waals surface area contributed by atoms with Gasteiger partial charge in [-0.3, -0.25) is 0 Å². The van der Waals surface area contributed by atoms with Crippen molar-refractivity contribution in [3.8, 4) is 11.5 Å². The smallest absolute Gasteiger partial charge is 0.161 e. The van der Waals surface area contributed by atoms with Gasteiger partial charge in [-0.05, 0) is 43.3 Å². The van der Waals surface area contributed by atoms with Crippen LogP contribution in [0.5, 0.6) is 11.5 Å². The van der Waals surface area contributed by atoms with Crippen molar-refractivity contribution in [2.24, 2.45) is 5.92 Å². The highest BCUT2D eigenvalue weighted by Gasteiger charge is 2.06. The zero-order valence-electron chi connectivity index (χ0n) is 13.1. The molecule has 0 saturated heterocycles. The van der Waals surface area contributed by atoms with Crippen molar-refractivity contribution in [1.29, 1.82) is 0 Å². The lowest BCUT2D eigenvalue weighted by atomic mass is 10.2. The number of nitrogens with one attached hydrogen (secondary N) is 1. The first-order chi connectivity index (χ1) is 9.67. The monoisotopic (exact) mass is 297 g/mol. The van der Waals surface area contributed by atoms with Crippen LogP contribution in [-0.2, 0) is 6.54 Å². The summed E-state index contributed by atoms with van der Waals surface area (Å²) in [6, 6.07) is 6.19. The minimum absolute atomic E-state index is 0.655. The molecule has 1 N–H and O–H groups in total. The number of hydrogen-bond acceptors (Lipinski definition) is 4. The standard InChI is InChI=1S/C16H27NO2S/c1-5-18-16-10-14(12-17-11-13(2)3)6-7-15(16)19-8-9-20-4/h6-7,10,13,17H,5,8-9,11-12H2,1-4H3. The van der Waals surface area contributed by atoms with E-state index in [-0.39, 0.29) is 0 Å². The lowest BCUT2D eigenvalue weighted by molar-refractivity contribution is 0.289. The van der Waals surface area contributed by atoms with E-state index in [2.05, 4.69) is 37.6 Å². The van der Waals surface area contributed by atoms with Gasteiger partial charge in [-0.2, -0.15) is 11.8 Å². The molecule has 1 aromatic carbocycles. The van der Waals surface area contributed by atoms with Gasteiger partial charge < -0.3 is 14.8 Å². The zero-order chi connectivity index (χ0) is 14.8. The Hall–Kier alpha value is -0.870. The van der Waals surface area contributed by atoms with Crippen LogP contribution in [-0.4, -0.2) is 31.8 Å². The summed E-state index contributed by atoms with van der Waals surface area (Å²) in [4.78, 5) is 0. The molecule has 0 fully saturated rings. The molecule has 0 atom stereocenters. The Morgan fingerprint density at radius 1 is 1.20 bits per heavy atom. The van der Waals surface area contributed by atoms with E-state index in [0.29, 0.717) is 19.1 Å². The second-order valence-electron chi connectivity index (χ2n) is 5.08. The van der Waals surface area contributed by atoms with Crippen molar-refractivity contribution < 1.29 is 9.47 Å². The van der Waals surface area contributed by atoms with Gasteiger partial charge in [-0.25, -0.2) is 0 Å². The molecule has 0 radical (unpaired) electrons. The molecule has 0 unspecified atom stereocenters. The molecule has 0 aliphatic heterocycles. The quantitative estimate of drug-likeness (QED) is 0.669. The molecule has 1 rings (SSSR count). The third-order valence-corrected chi connectivity index (χ3v) is 3.31. The summed E-state index contributed by atoms with van der Waals surface area (Å²) >= 11 is 1.78. The molecule has 0 aliphatic rings. The van der Waals surface area contributed by atoms with Crippen LogP contribution < -0.4 is 14.8 Å². The van der Waals surface area contributed by atoms with Gasteiger partial charge in [0.2, 0.25) is 0 Å². The number of hydrogen-bond donors (Lipinski definition) is 1. The van der Waals surface area contributed by atoms with Gasteiger partial charge in [0.15, 0.2) is 11.5 Å². The van der Waals surface area contributed by atoms with Crippen molar-refractivity contribution in [2.75, 3.05) is 31.8 Å². The van der Waals surface area contributed by atoms with E-state index in [1.54, 1.807) is 11.8 Å². The summed E-state index contributed by atoms with van der Waals surface area (Å²) in [5.74, 6) is 3.34. The van der Waals surface area contributed by atoms with E-state index < -0.39 is 0 Å². The zero-order valence-corrected chi connectivity index (χ0v) is 13.9. The van der Waals surface area contributed by atoms with Crippen LogP contribution >= 0.6 is 11.8 Å². The van der Waals surface area contributed by atoms with E-state index in [1.807, 2.05) is 13.0 Å². The summed E-state index contributed by atoms with van der Waals surface area (Å²) in [7, 11) is 0. The summed E-state index contributed by atoms with van der Waals surface area (Å²) in [6.45, 7) is 9.67. The largest absolute Gasteiger partial charge is 0.490 e. The Balaban J connectivity index is 2.62. The molecule has 0 amide bonds. The van der Waals surface area contributed by atoms with Gasteiger partial charge in [0.25, 0.3) is 0 Å². The maximum absolute atomic E-state index is 5.76. The molecule has 4 heteroatoms. The van der Waals surface area contributed by atoms with Gasteiger partial charge in [0, 0.05) is 12.3 Å². The summed E-state index contributed by atoms with van der Waals surface area (Å²) in [5.41, 5.74) is 1.23. The molecular weight excluding hydrogens is 270 g/mol. The summed E-state index contributed by atoms with van der Waals surface area (Å²) in [5, 5.41) is 3.44. The van der Waals surface area contributed by atoms with Crippen molar-refractivity contribution in [3.05, 3.63) is 23.8 Å². The van der Waals surface area contributed by atoms with Crippen LogP contribution in [0.25, 0.3) is 0 Å². The minimum atomic E-state index is 0.655. The normalized spacial score (nSPS) is 10.8. The number of thioether (sulfide) groups is 1. The molecule has 0 aliphatic carbocycles. The molecule has 0 bridgehead atoms. The fraction of sp³-hybridized carbons (Fsp3) is 0.625. The maximum atomic E-state index is 5.76. The first-order valence-electron chi connectivity index (χ1n) is 7.25. The fourth-order valence-electron chi connectivity index (χ4n) is 1.79. The highest BCUT2D eigenvalue weighted by atomic mass is 32.2. The van der Waals surface area contributed by atoms with Crippen LogP contribution in [0.15, 0.2) is 18.2 Å². The van der Waals surface area contributed by atoms with E-state index >= 15 is 0 Å². The SMILES string of the molecule is CCOc1cc(CNCC(C)C)ccc1OCCSC. The van der Waals surface area contributed by atoms with Gasteiger partial charge in [-0.15, -0.1) is 0 Å². The molecule has 0 spiro atoms.